The second kappa shape index (κ2) is 5.29. The summed E-state index contributed by atoms with van der Waals surface area (Å²) in [5, 5.41) is 0. The van der Waals surface area contributed by atoms with Crippen molar-refractivity contribution >= 4 is 11.3 Å². The number of rotatable bonds is 4. The van der Waals surface area contributed by atoms with Crippen LogP contribution in [-0.2, 0) is 0 Å². The number of fused-ring (bicyclic) bond motifs is 1. The van der Waals surface area contributed by atoms with Crippen molar-refractivity contribution in [2.24, 2.45) is 0 Å². The van der Waals surface area contributed by atoms with Crippen LogP contribution in [0.25, 0.3) is 16.9 Å². The maximum Gasteiger partial charge on any atom is 0.137 e. The van der Waals surface area contributed by atoms with E-state index in [1.807, 2.05) is 23.1 Å². The third-order valence-corrected chi connectivity index (χ3v) is 3.45. The Hall–Kier alpha value is -2.81. The van der Waals surface area contributed by atoms with Gasteiger partial charge >= 0.3 is 0 Å². The Labute approximate surface area is 124 Å². The Morgan fingerprint density at radius 2 is 1.71 bits per heavy atom. The van der Waals surface area contributed by atoms with Gasteiger partial charge in [0.25, 0.3) is 0 Å². The highest BCUT2D eigenvalue weighted by atomic mass is 15.1. The zero-order chi connectivity index (χ0) is 14.8. The lowest BCUT2D eigenvalue weighted by Crippen LogP contribution is -2.04. The smallest absolute Gasteiger partial charge is 0.137 e. The molecule has 2 aromatic heterocycles. The second-order valence-electron chi connectivity index (χ2n) is 4.92. The molecule has 1 aromatic carbocycles. The second-order valence-corrected chi connectivity index (χ2v) is 4.92. The van der Waals surface area contributed by atoms with E-state index in [1.165, 1.54) is 5.56 Å². The van der Waals surface area contributed by atoms with E-state index in [9.17, 15) is 0 Å². The molecule has 0 amide bonds. The first-order valence-electron chi connectivity index (χ1n) is 6.80. The molecule has 0 spiro atoms. The maximum absolute atomic E-state index is 4.65. The molecule has 2 heterocycles. The fraction of sp³-hybridized carbons (Fsp3) is 0.0556. The van der Waals surface area contributed by atoms with Gasteiger partial charge in [0.2, 0.25) is 0 Å². The number of nitrogens with zero attached hydrogens (tertiary/aromatic N) is 3. The van der Waals surface area contributed by atoms with Crippen LogP contribution in [0.1, 0.15) is 5.56 Å². The van der Waals surface area contributed by atoms with Crippen LogP contribution in [0.4, 0.5) is 5.69 Å². The number of benzene rings is 1. The highest BCUT2D eigenvalue weighted by molar-refractivity contribution is 5.66. The molecule has 0 saturated heterocycles. The standard InChI is InChI=1S/C18H17N3/c1-4-20(5-2)16-9-7-15(8-10-16)17-13-21-12-14(3)6-11-18(21)19-17/h4-13H,1-2H2,3H3. The van der Waals surface area contributed by atoms with Crippen molar-refractivity contribution in [2.45, 2.75) is 6.92 Å². The molecule has 104 valence electrons. The lowest BCUT2D eigenvalue weighted by atomic mass is 10.1. The molecule has 0 aliphatic rings. The van der Waals surface area contributed by atoms with Gasteiger partial charge in [-0.2, -0.15) is 0 Å². The average Bonchev–Trinajstić information content (AvgIpc) is 2.92. The number of hydrogen-bond acceptors (Lipinski definition) is 2. The highest BCUT2D eigenvalue weighted by Crippen LogP contribution is 2.23. The molecular weight excluding hydrogens is 258 g/mol. The van der Waals surface area contributed by atoms with Crippen LogP contribution in [0, 0.1) is 6.92 Å². The van der Waals surface area contributed by atoms with E-state index in [0.717, 1.165) is 22.6 Å². The quantitative estimate of drug-likeness (QED) is 0.703. The molecule has 0 fully saturated rings. The zero-order valence-corrected chi connectivity index (χ0v) is 12.0. The molecule has 0 bridgehead atoms. The van der Waals surface area contributed by atoms with Gasteiger partial charge in [-0.15, -0.1) is 0 Å². The summed E-state index contributed by atoms with van der Waals surface area (Å²) >= 11 is 0. The monoisotopic (exact) mass is 275 g/mol. The molecule has 0 aliphatic heterocycles. The summed E-state index contributed by atoms with van der Waals surface area (Å²) in [6.45, 7) is 9.61. The molecule has 0 atom stereocenters. The number of anilines is 1. The summed E-state index contributed by atoms with van der Waals surface area (Å²) in [7, 11) is 0. The third kappa shape index (κ3) is 2.46. The predicted octanol–water partition coefficient (Wildman–Crippen LogP) is 4.40. The zero-order valence-electron chi connectivity index (χ0n) is 12.0. The molecule has 0 unspecified atom stereocenters. The van der Waals surface area contributed by atoms with Gasteiger partial charge in [0.05, 0.1) is 5.69 Å². The van der Waals surface area contributed by atoms with E-state index in [2.05, 4.69) is 60.1 Å². The molecule has 0 aliphatic carbocycles. The topological polar surface area (TPSA) is 20.5 Å². The van der Waals surface area contributed by atoms with Crippen molar-refractivity contribution in [2.75, 3.05) is 4.90 Å². The van der Waals surface area contributed by atoms with Crippen LogP contribution in [0.3, 0.4) is 0 Å². The summed E-state index contributed by atoms with van der Waals surface area (Å²) in [4.78, 5) is 6.52. The van der Waals surface area contributed by atoms with E-state index in [0.29, 0.717) is 0 Å². The van der Waals surface area contributed by atoms with Crippen molar-refractivity contribution in [3.05, 3.63) is 79.9 Å². The van der Waals surface area contributed by atoms with Crippen LogP contribution < -0.4 is 4.90 Å². The van der Waals surface area contributed by atoms with Gasteiger partial charge in [-0.25, -0.2) is 4.98 Å². The van der Waals surface area contributed by atoms with Gasteiger partial charge in [-0.3, -0.25) is 0 Å². The Balaban J connectivity index is 1.98. The molecule has 3 heteroatoms. The molecular formula is C18H17N3. The Morgan fingerprint density at radius 1 is 1.00 bits per heavy atom. The summed E-state index contributed by atoms with van der Waals surface area (Å²) < 4.78 is 2.05. The van der Waals surface area contributed by atoms with Gasteiger partial charge in [0.15, 0.2) is 0 Å². The minimum Gasteiger partial charge on any atom is -0.325 e. The lowest BCUT2D eigenvalue weighted by molar-refractivity contribution is 1.16. The van der Waals surface area contributed by atoms with E-state index in [4.69, 9.17) is 0 Å². The Morgan fingerprint density at radius 3 is 2.38 bits per heavy atom. The Kier molecular flexibility index (Phi) is 3.32. The SMILES string of the molecule is C=CN(C=C)c1ccc(-c2cn3cc(C)ccc3n2)cc1. The number of pyridine rings is 1. The number of hydrogen-bond donors (Lipinski definition) is 0. The predicted molar refractivity (Wildman–Crippen MR) is 88.2 cm³/mol. The fourth-order valence-corrected chi connectivity index (χ4v) is 2.33. The first kappa shape index (κ1) is 13.2. The van der Waals surface area contributed by atoms with Gasteiger partial charge in [0, 0.05) is 36.0 Å². The van der Waals surface area contributed by atoms with Crippen molar-refractivity contribution in [1.29, 1.82) is 0 Å². The van der Waals surface area contributed by atoms with E-state index < -0.39 is 0 Å². The molecule has 0 radical (unpaired) electrons. The van der Waals surface area contributed by atoms with Crippen LogP contribution >= 0.6 is 0 Å². The van der Waals surface area contributed by atoms with Crippen LogP contribution in [0.5, 0.6) is 0 Å². The van der Waals surface area contributed by atoms with Gasteiger partial charge in [-0.05, 0) is 30.7 Å². The first-order valence-corrected chi connectivity index (χ1v) is 6.80. The molecule has 21 heavy (non-hydrogen) atoms. The first-order chi connectivity index (χ1) is 10.2. The lowest BCUT2D eigenvalue weighted by Gasteiger charge is -2.14. The minimum atomic E-state index is 0.957. The average molecular weight is 275 g/mol. The molecule has 0 saturated carbocycles. The van der Waals surface area contributed by atoms with E-state index in [1.54, 1.807) is 12.4 Å². The van der Waals surface area contributed by atoms with E-state index >= 15 is 0 Å². The molecule has 0 N–H and O–H groups in total. The van der Waals surface area contributed by atoms with E-state index in [-0.39, 0.29) is 0 Å². The highest BCUT2D eigenvalue weighted by Gasteiger charge is 2.05. The van der Waals surface area contributed by atoms with Crippen LogP contribution in [-0.4, -0.2) is 9.38 Å². The van der Waals surface area contributed by atoms with Crippen LogP contribution in [0.2, 0.25) is 0 Å². The number of aryl methyl sites for hydroxylation is 1. The van der Waals surface area contributed by atoms with Gasteiger partial charge in [0.1, 0.15) is 5.65 Å². The van der Waals surface area contributed by atoms with Crippen molar-refractivity contribution < 1.29 is 0 Å². The fourth-order valence-electron chi connectivity index (χ4n) is 2.33. The normalized spacial score (nSPS) is 10.5. The number of aromatic nitrogens is 2. The van der Waals surface area contributed by atoms with Gasteiger partial charge in [-0.1, -0.05) is 31.4 Å². The van der Waals surface area contributed by atoms with Gasteiger partial charge < -0.3 is 9.30 Å². The molecule has 3 nitrogen and oxygen atoms in total. The van der Waals surface area contributed by atoms with Crippen LogP contribution in [0.15, 0.2) is 74.3 Å². The minimum absolute atomic E-state index is 0.957. The van der Waals surface area contributed by atoms with Crippen molar-refractivity contribution in [3.63, 3.8) is 0 Å². The summed E-state index contributed by atoms with van der Waals surface area (Å²) in [5.74, 6) is 0. The Bertz CT molecular complexity index is 789. The van der Waals surface area contributed by atoms with Crippen molar-refractivity contribution in [3.8, 4) is 11.3 Å². The summed E-state index contributed by atoms with van der Waals surface area (Å²) in [5.41, 5.74) is 5.26. The number of imidazole rings is 1. The summed E-state index contributed by atoms with van der Waals surface area (Å²) in [6.07, 6.45) is 7.60. The third-order valence-electron chi connectivity index (χ3n) is 3.45. The van der Waals surface area contributed by atoms with Crippen molar-refractivity contribution in [1.82, 2.24) is 9.38 Å². The largest absolute Gasteiger partial charge is 0.325 e. The molecule has 3 aromatic rings. The maximum atomic E-state index is 4.65. The summed E-state index contributed by atoms with van der Waals surface area (Å²) in [6, 6.07) is 12.3. The molecule has 3 rings (SSSR count).